The number of ether oxygens (including phenoxy) is 1. The Morgan fingerprint density at radius 3 is 2.94 bits per heavy atom. The molecule has 3 N–H and O–H groups in total. The minimum absolute atomic E-state index is 0.222. The van der Waals surface area contributed by atoms with Crippen LogP contribution in [-0.4, -0.2) is 57.2 Å². The van der Waals surface area contributed by atoms with Crippen LogP contribution in [0.3, 0.4) is 0 Å². The molecule has 100 valence electrons. The molecule has 1 fully saturated rings. The van der Waals surface area contributed by atoms with E-state index < -0.39 is 0 Å². The lowest BCUT2D eigenvalue weighted by Crippen LogP contribution is -2.42. The molecular weight excluding hydrogens is 218 g/mol. The summed E-state index contributed by atoms with van der Waals surface area (Å²) in [5.74, 6) is 0.359. The number of rotatable bonds is 7. The molecule has 0 bridgehead atoms. The zero-order chi connectivity index (χ0) is 12.7. The third-order valence-electron chi connectivity index (χ3n) is 3.32. The Morgan fingerprint density at radius 1 is 1.65 bits per heavy atom. The fourth-order valence-electron chi connectivity index (χ4n) is 2.26. The normalized spacial score (nSPS) is 22.6. The van der Waals surface area contributed by atoms with Gasteiger partial charge in [0.25, 0.3) is 0 Å². The van der Waals surface area contributed by atoms with E-state index in [1.807, 2.05) is 0 Å². The summed E-state index contributed by atoms with van der Waals surface area (Å²) in [5, 5.41) is 2.93. The van der Waals surface area contributed by atoms with Crippen LogP contribution in [0.5, 0.6) is 0 Å². The molecule has 2 atom stereocenters. The topological polar surface area (TPSA) is 67.6 Å². The second kappa shape index (κ2) is 7.63. The molecule has 17 heavy (non-hydrogen) atoms. The molecule has 1 amide bonds. The van der Waals surface area contributed by atoms with Gasteiger partial charge in [-0.3, -0.25) is 4.79 Å². The summed E-state index contributed by atoms with van der Waals surface area (Å²) >= 11 is 0. The number of nitrogens with zero attached hydrogens (tertiary/aromatic N) is 1. The fraction of sp³-hybridized carbons (Fsp3) is 0.917. The van der Waals surface area contributed by atoms with Crippen molar-refractivity contribution < 1.29 is 9.53 Å². The van der Waals surface area contributed by atoms with E-state index in [1.165, 1.54) is 12.8 Å². The van der Waals surface area contributed by atoms with Crippen LogP contribution in [0.1, 0.15) is 19.3 Å². The zero-order valence-electron chi connectivity index (χ0n) is 10.9. The third-order valence-corrected chi connectivity index (χ3v) is 3.32. The van der Waals surface area contributed by atoms with Gasteiger partial charge in [-0.1, -0.05) is 0 Å². The molecule has 5 nitrogen and oxygen atoms in total. The first-order chi connectivity index (χ1) is 8.13. The summed E-state index contributed by atoms with van der Waals surface area (Å²) in [5.41, 5.74) is 5.28. The van der Waals surface area contributed by atoms with Gasteiger partial charge in [-0.25, -0.2) is 0 Å². The van der Waals surface area contributed by atoms with E-state index in [2.05, 4.69) is 17.3 Å². The second-order valence-electron chi connectivity index (χ2n) is 4.88. The van der Waals surface area contributed by atoms with E-state index in [4.69, 9.17) is 10.5 Å². The van der Waals surface area contributed by atoms with Gasteiger partial charge in [0.15, 0.2) is 0 Å². The summed E-state index contributed by atoms with van der Waals surface area (Å²) in [6, 6.07) is -0.222. The largest absolute Gasteiger partial charge is 0.381 e. The van der Waals surface area contributed by atoms with Crippen LogP contribution in [0, 0.1) is 5.92 Å². The fourth-order valence-corrected chi connectivity index (χ4v) is 2.26. The first-order valence-electron chi connectivity index (χ1n) is 6.36. The molecule has 1 aliphatic rings. The Balaban J connectivity index is 2.19. The van der Waals surface area contributed by atoms with Gasteiger partial charge in [0.2, 0.25) is 5.91 Å². The molecule has 0 aromatic heterocycles. The monoisotopic (exact) mass is 243 g/mol. The molecular formula is C12H25N3O2. The Hall–Kier alpha value is -0.650. The number of hydrogen-bond acceptors (Lipinski definition) is 4. The highest BCUT2D eigenvalue weighted by Crippen LogP contribution is 2.14. The first-order valence-corrected chi connectivity index (χ1v) is 6.36. The lowest BCUT2D eigenvalue weighted by molar-refractivity contribution is -0.120. The van der Waals surface area contributed by atoms with Crippen LogP contribution in [0.4, 0.5) is 0 Å². The quantitative estimate of drug-likeness (QED) is 0.650. The Morgan fingerprint density at radius 2 is 2.41 bits per heavy atom. The number of hydrogen-bond donors (Lipinski definition) is 2. The standard InChI is InChI=1S/C12H25N3O2/c1-14-11(12(13)16)5-6-15(2)8-10-4-3-7-17-9-10/h10-11,14H,3-9H2,1-2H3,(H2,13,16). The molecule has 0 radical (unpaired) electrons. The molecule has 2 unspecified atom stereocenters. The van der Waals surface area contributed by atoms with Crippen molar-refractivity contribution in [3.63, 3.8) is 0 Å². The van der Waals surface area contributed by atoms with Crippen molar-refractivity contribution in [1.82, 2.24) is 10.2 Å². The van der Waals surface area contributed by atoms with Gasteiger partial charge < -0.3 is 20.7 Å². The van der Waals surface area contributed by atoms with Crippen molar-refractivity contribution in [3.05, 3.63) is 0 Å². The molecule has 0 aromatic carbocycles. The van der Waals surface area contributed by atoms with Gasteiger partial charge in [0, 0.05) is 13.2 Å². The van der Waals surface area contributed by atoms with Crippen LogP contribution in [-0.2, 0) is 9.53 Å². The summed E-state index contributed by atoms with van der Waals surface area (Å²) < 4.78 is 5.45. The summed E-state index contributed by atoms with van der Waals surface area (Å²) in [6.45, 7) is 3.69. The molecule has 0 spiro atoms. The lowest BCUT2D eigenvalue weighted by Gasteiger charge is -2.27. The third kappa shape index (κ3) is 5.48. The van der Waals surface area contributed by atoms with Crippen molar-refractivity contribution in [3.8, 4) is 0 Å². The maximum Gasteiger partial charge on any atom is 0.234 e. The van der Waals surface area contributed by atoms with Crippen LogP contribution < -0.4 is 11.1 Å². The van der Waals surface area contributed by atoms with Gasteiger partial charge in [-0.2, -0.15) is 0 Å². The summed E-state index contributed by atoms with van der Waals surface area (Å²) in [7, 11) is 3.85. The number of primary amides is 1. The maximum atomic E-state index is 11.1. The van der Waals surface area contributed by atoms with Crippen LogP contribution in [0.15, 0.2) is 0 Å². The van der Waals surface area contributed by atoms with E-state index in [0.717, 1.165) is 32.7 Å². The van der Waals surface area contributed by atoms with Crippen LogP contribution in [0.2, 0.25) is 0 Å². The average molecular weight is 243 g/mol. The smallest absolute Gasteiger partial charge is 0.234 e. The molecule has 1 heterocycles. The molecule has 1 aliphatic heterocycles. The second-order valence-corrected chi connectivity index (χ2v) is 4.88. The van der Waals surface area contributed by atoms with E-state index in [9.17, 15) is 4.79 Å². The van der Waals surface area contributed by atoms with Crippen molar-refractivity contribution >= 4 is 5.91 Å². The van der Waals surface area contributed by atoms with Crippen molar-refractivity contribution in [2.45, 2.75) is 25.3 Å². The highest BCUT2D eigenvalue weighted by molar-refractivity contribution is 5.79. The number of nitrogens with one attached hydrogen (secondary N) is 1. The SMILES string of the molecule is CNC(CCN(C)CC1CCCOC1)C(N)=O. The minimum atomic E-state index is -0.276. The predicted octanol–water partition coefficient (Wildman–Crippen LogP) is -0.192. The Labute approximate surface area is 104 Å². The number of carbonyl (C=O) groups excluding carboxylic acids is 1. The van der Waals surface area contributed by atoms with Crippen molar-refractivity contribution in [1.29, 1.82) is 0 Å². The van der Waals surface area contributed by atoms with Crippen molar-refractivity contribution in [2.24, 2.45) is 11.7 Å². The first kappa shape index (κ1) is 14.4. The molecule has 0 aromatic rings. The van der Waals surface area contributed by atoms with E-state index >= 15 is 0 Å². The van der Waals surface area contributed by atoms with E-state index in [-0.39, 0.29) is 11.9 Å². The van der Waals surface area contributed by atoms with Gasteiger partial charge in [0.05, 0.1) is 12.6 Å². The number of amides is 1. The zero-order valence-corrected chi connectivity index (χ0v) is 10.9. The maximum absolute atomic E-state index is 11.1. The summed E-state index contributed by atoms with van der Waals surface area (Å²) in [6.07, 6.45) is 3.17. The van der Waals surface area contributed by atoms with Crippen molar-refractivity contribution in [2.75, 3.05) is 40.4 Å². The Bertz CT molecular complexity index is 230. The molecule has 0 saturated carbocycles. The molecule has 1 saturated heterocycles. The molecule has 0 aliphatic carbocycles. The Kier molecular flexibility index (Phi) is 6.47. The molecule has 1 rings (SSSR count). The number of carbonyl (C=O) groups is 1. The highest BCUT2D eigenvalue weighted by Gasteiger charge is 2.17. The van der Waals surface area contributed by atoms with Gasteiger partial charge in [-0.05, 0) is 45.8 Å². The van der Waals surface area contributed by atoms with Gasteiger partial charge in [0.1, 0.15) is 0 Å². The van der Waals surface area contributed by atoms with E-state index in [0.29, 0.717) is 5.92 Å². The van der Waals surface area contributed by atoms with Gasteiger partial charge >= 0.3 is 0 Å². The van der Waals surface area contributed by atoms with E-state index in [1.54, 1.807) is 7.05 Å². The van der Waals surface area contributed by atoms with Crippen LogP contribution >= 0.6 is 0 Å². The predicted molar refractivity (Wildman–Crippen MR) is 67.7 cm³/mol. The minimum Gasteiger partial charge on any atom is -0.381 e. The average Bonchev–Trinajstić information content (AvgIpc) is 2.30. The van der Waals surface area contributed by atoms with Gasteiger partial charge in [-0.15, -0.1) is 0 Å². The lowest BCUT2D eigenvalue weighted by atomic mass is 10.0. The molecule has 5 heteroatoms. The van der Waals surface area contributed by atoms with Crippen LogP contribution in [0.25, 0.3) is 0 Å². The number of nitrogens with two attached hydrogens (primary N) is 1. The number of likely N-dealkylation sites (N-methyl/N-ethyl adjacent to an activating group) is 1. The summed E-state index contributed by atoms with van der Waals surface area (Å²) in [4.78, 5) is 13.3. The highest BCUT2D eigenvalue weighted by atomic mass is 16.5.